The molecule has 3 aliphatic rings. The van der Waals surface area contributed by atoms with Crippen LogP contribution >= 0.6 is 0 Å². The Labute approximate surface area is 230 Å². The minimum Gasteiger partial charge on any atom is -0.443 e. The van der Waals surface area contributed by atoms with Crippen molar-refractivity contribution in [1.82, 2.24) is 4.90 Å². The SMILES string of the molecule is CC(C)(C)OC(=O)N1CCC(Nc2cc(NS(=O)(=O)c3ccc(F)cc3F)cc3c2CC(=O)C32CCC2)=CC1=O. The van der Waals surface area contributed by atoms with Gasteiger partial charge in [0.2, 0.25) is 0 Å². The Morgan fingerprint density at radius 3 is 2.42 bits per heavy atom. The van der Waals surface area contributed by atoms with Crippen LogP contribution in [0.1, 0.15) is 57.6 Å². The van der Waals surface area contributed by atoms with E-state index in [0.717, 1.165) is 23.5 Å². The number of amides is 2. The Bertz CT molecular complexity index is 1570. The quantitative estimate of drug-likeness (QED) is 0.528. The molecule has 1 aliphatic heterocycles. The monoisotopic (exact) mass is 573 g/mol. The molecule has 2 N–H and O–H groups in total. The summed E-state index contributed by atoms with van der Waals surface area (Å²) >= 11 is 0. The number of Topliss-reactive ketones (excluding diaryl/α,β-unsaturated/α-hetero) is 1. The second-order valence-corrected chi connectivity index (χ2v) is 12.9. The highest BCUT2D eigenvalue weighted by atomic mass is 32.2. The minimum atomic E-state index is -4.44. The Morgan fingerprint density at radius 1 is 1.10 bits per heavy atom. The van der Waals surface area contributed by atoms with Gasteiger partial charge in [0.25, 0.3) is 15.9 Å². The smallest absolute Gasteiger partial charge is 0.417 e. The van der Waals surface area contributed by atoms with E-state index in [4.69, 9.17) is 4.74 Å². The average molecular weight is 574 g/mol. The lowest BCUT2D eigenvalue weighted by Gasteiger charge is -2.38. The van der Waals surface area contributed by atoms with Crippen molar-refractivity contribution in [1.29, 1.82) is 0 Å². The first-order valence-electron chi connectivity index (χ1n) is 12.9. The molecule has 1 saturated carbocycles. The predicted octanol–water partition coefficient (Wildman–Crippen LogP) is 4.78. The molecule has 9 nitrogen and oxygen atoms in total. The number of sulfonamides is 1. The normalized spacial score (nSPS) is 18.2. The van der Waals surface area contributed by atoms with Crippen LogP contribution in [0.25, 0.3) is 0 Å². The molecule has 2 amide bonds. The molecule has 2 aromatic rings. The van der Waals surface area contributed by atoms with E-state index in [1.807, 2.05) is 0 Å². The number of anilines is 2. The Hall–Kier alpha value is -3.80. The second kappa shape index (κ2) is 9.69. The number of hydrogen-bond acceptors (Lipinski definition) is 7. The summed E-state index contributed by atoms with van der Waals surface area (Å²) in [7, 11) is -4.44. The van der Waals surface area contributed by atoms with E-state index < -0.39 is 49.6 Å². The van der Waals surface area contributed by atoms with Crippen molar-refractivity contribution < 1.29 is 36.3 Å². The van der Waals surface area contributed by atoms with Gasteiger partial charge in [-0.2, -0.15) is 0 Å². The average Bonchev–Trinajstić information content (AvgIpc) is 3.09. The molecule has 5 rings (SSSR count). The van der Waals surface area contributed by atoms with Crippen molar-refractivity contribution in [2.24, 2.45) is 0 Å². The molecule has 0 bridgehead atoms. The highest BCUT2D eigenvalue weighted by Crippen LogP contribution is 2.53. The van der Waals surface area contributed by atoms with Crippen molar-refractivity contribution in [2.75, 3.05) is 16.6 Å². The number of carbonyl (C=O) groups excluding carboxylic acids is 3. The molecule has 0 saturated heterocycles. The van der Waals surface area contributed by atoms with E-state index >= 15 is 0 Å². The Kier molecular flexibility index (Phi) is 6.72. The van der Waals surface area contributed by atoms with E-state index in [1.165, 1.54) is 12.1 Å². The maximum Gasteiger partial charge on any atom is 0.417 e. The summed E-state index contributed by atoms with van der Waals surface area (Å²) in [5.74, 6) is -2.69. The maximum absolute atomic E-state index is 14.3. The summed E-state index contributed by atoms with van der Waals surface area (Å²) in [6, 6.07) is 5.25. The topological polar surface area (TPSA) is 122 Å². The molecule has 0 atom stereocenters. The molecule has 1 spiro atoms. The molecular weight excluding hydrogens is 544 g/mol. The Balaban J connectivity index is 1.47. The van der Waals surface area contributed by atoms with Crippen LogP contribution in [0.5, 0.6) is 0 Å². The number of rotatable bonds is 5. The summed E-state index contributed by atoms with van der Waals surface area (Å²) in [5.41, 5.74) is 0.889. The number of nitrogens with one attached hydrogen (secondary N) is 2. The van der Waals surface area contributed by atoms with Gasteiger partial charge < -0.3 is 10.1 Å². The molecule has 1 heterocycles. The summed E-state index contributed by atoms with van der Waals surface area (Å²) in [6.45, 7) is 5.16. The zero-order valence-electron chi connectivity index (χ0n) is 22.3. The number of carbonyl (C=O) groups is 3. The van der Waals surface area contributed by atoms with Crippen LogP contribution in [0.2, 0.25) is 0 Å². The van der Waals surface area contributed by atoms with Gasteiger partial charge in [-0.15, -0.1) is 0 Å². The van der Waals surface area contributed by atoms with Gasteiger partial charge in [0.15, 0.2) is 0 Å². The third-order valence-corrected chi connectivity index (χ3v) is 8.77. The minimum absolute atomic E-state index is 0.0335. The fraction of sp³-hybridized carbons (Fsp3) is 0.393. The first-order chi connectivity index (χ1) is 18.7. The first kappa shape index (κ1) is 27.8. The fourth-order valence-corrected chi connectivity index (χ4v) is 6.43. The number of ketones is 1. The standard InChI is InChI=1S/C28H29F2N3O6S/c1-27(2,3)39-26(36)33-10-7-17(14-25(33)35)31-22-13-18(12-20-19(22)15-24(34)28(20)8-4-9-28)32-40(37,38)23-6-5-16(29)11-21(23)30/h5-6,11-14,31-32H,4,7-10,15H2,1-3H3. The van der Waals surface area contributed by atoms with Gasteiger partial charge in [0.05, 0.1) is 11.1 Å². The maximum atomic E-state index is 14.3. The number of imide groups is 1. The number of ether oxygens (including phenoxy) is 1. The van der Waals surface area contributed by atoms with Crippen molar-refractivity contribution >= 4 is 39.2 Å². The van der Waals surface area contributed by atoms with Crippen molar-refractivity contribution in [3.05, 3.63) is 64.9 Å². The lowest BCUT2D eigenvalue weighted by molar-refractivity contribution is -0.126. The number of halogens is 2. The van der Waals surface area contributed by atoms with Crippen LogP contribution in [0.3, 0.4) is 0 Å². The van der Waals surface area contributed by atoms with Gasteiger partial charge in [0.1, 0.15) is 27.9 Å². The zero-order chi connectivity index (χ0) is 29.0. The fourth-order valence-electron chi connectivity index (χ4n) is 5.33. The van der Waals surface area contributed by atoms with Gasteiger partial charge in [0, 0.05) is 42.9 Å². The summed E-state index contributed by atoms with van der Waals surface area (Å²) in [6.07, 6.45) is 3.04. The molecule has 212 valence electrons. The van der Waals surface area contributed by atoms with Crippen molar-refractivity contribution in [3.63, 3.8) is 0 Å². The molecule has 40 heavy (non-hydrogen) atoms. The number of benzene rings is 2. The first-order valence-corrected chi connectivity index (χ1v) is 14.4. The van der Waals surface area contributed by atoms with Crippen LogP contribution in [-0.2, 0) is 36.2 Å². The van der Waals surface area contributed by atoms with Crippen LogP contribution in [-0.4, -0.2) is 43.2 Å². The molecule has 2 aromatic carbocycles. The van der Waals surface area contributed by atoms with Crippen LogP contribution in [0.4, 0.5) is 25.0 Å². The van der Waals surface area contributed by atoms with Crippen LogP contribution in [0, 0.1) is 11.6 Å². The Morgan fingerprint density at radius 2 is 1.82 bits per heavy atom. The molecule has 2 aliphatic carbocycles. The van der Waals surface area contributed by atoms with Gasteiger partial charge in [-0.05, 0) is 69.0 Å². The summed E-state index contributed by atoms with van der Waals surface area (Å²) < 4.78 is 61.4. The summed E-state index contributed by atoms with van der Waals surface area (Å²) in [5, 5.41) is 3.16. The number of nitrogens with zero attached hydrogens (tertiary/aromatic N) is 1. The van der Waals surface area contributed by atoms with E-state index in [9.17, 15) is 31.6 Å². The van der Waals surface area contributed by atoms with Gasteiger partial charge in [-0.3, -0.25) is 14.3 Å². The number of fused-ring (bicyclic) bond motifs is 2. The predicted molar refractivity (Wildman–Crippen MR) is 142 cm³/mol. The highest BCUT2D eigenvalue weighted by molar-refractivity contribution is 7.92. The highest BCUT2D eigenvalue weighted by Gasteiger charge is 2.51. The van der Waals surface area contributed by atoms with Gasteiger partial charge in [-0.1, -0.05) is 6.42 Å². The third kappa shape index (κ3) is 5.07. The molecule has 0 aromatic heterocycles. The van der Waals surface area contributed by atoms with Crippen LogP contribution in [0.15, 0.2) is 47.0 Å². The van der Waals surface area contributed by atoms with Crippen molar-refractivity contribution in [3.8, 4) is 0 Å². The number of hydrogen-bond donors (Lipinski definition) is 2. The molecule has 1 fully saturated rings. The second-order valence-electron chi connectivity index (χ2n) is 11.3. The van der Waals surface area contributed by atoms with Crippen LogP contribution < -0.4 is 10.0 Å². The molecule has 0 radical (unpaired) electrons. The molecule has 12 heteroatoms. The third-order valence-electron chi connectivity index (χ3n) is 7.36. The molecule has 0 unspecified atom stereocenters. The van der Waals surface area contributed by atoms with E-state index in [0.29, 0.717) is 41.4 Å². The van der Waals surface area contributed by atoms with E-state index in [1.54, 1.807) is 26.8 Å². The zero-order valence-corrected chi connectivity index (χ0v) is 23.1. The van der Waals surface area contributed by atoms with E-state index in [-0.39, 0.29) is 30.9 Å². The van der Waals surface area contributed by atoms with Gasteiger partial charge in [-0.25, -0.2) is 26.9 Å². The lowest BCUT2D eigenvalue weighted by Crippen LogP contribution is -2.43. The largest absolute Gasteiger partial charge is 0.443 e. The van der Waals surface area contributed by atoms with Gasteiger partial charge >= 0.3 is 6.09 Å². The summed E-state index contributed by atoms with van der Waals surface area (Å²) in [4.78, 5) is 38.5. The van der Waals surface area contributed by atoms with Crippen molar-refractivity contribution in [2.45, 2.75) is 68.8 Å². The molecular formula is C28H29F2N3O6S. The lowest BCUT2D eigenvalue weighted by atomic mass is 9.64. The van der Waals surface area contributed by atoms with E-state index in [2.05, 4.69) is 10.0 Å².